The van der Waals surface area contributed by atoms with Gasteiger partial charge in [0.15, 0.2) is 27.1 Å². The van der Waals surface area contributed by atoms with Crippen LogP contribution in [0.1, 0.15) is 19.4 Å². The molecule has 0 aliphatic rings. The fourth-order valence-electron chi connectivity index (χ4n) is 3.35. The molecule has 0 spiro atoms. The van der Waals surface area contributed by atoms with Gasteiger partial charge in [-0.2, -0.15) is 0 Å². The Balaban J connectivity index is 1.63. The largest absolute Gasteiger partial charge is 0.382 e. The first-order valence-electron chi connectivity index (χ1n) is 10.7. The van der Waals surface area contributed by atoms with E-state index in [0.717, 1.165) is 0 Å². The van der Waals surface area contributed by atoms with Crippen molar-refractivity contribution >= 4 is 15.7 Å². The molecular formula is C24H25N5O5S. The number of hydrogen-bond acceptors (Lipinski definition) is 10. The van der Waals surface area contributed by atoms with Crippen LogP contribution in [0.4, 0.5) is 5.82 Å². The van der Waals surface area contributed by atoms with E-state index in [1.165, 1.54) is 13.2 Å². The van der Waals surface area contributed by atoms with Gasteiger partial charge in [0, 0.05) is 22.8 Å². The Morgan fingerprint density at radius 2 is 1.60 bits per heavy atom. The van der Waals surface area contributed by atoms with Gasteiger partial charge in [0.05, 0.1) is 22.0 Å². The van der Waals surface area contributed by atoms with E-state index >= 15 is 0 Å². The lowest BCUT2D eigenvalue weighted by Crippen LogP contribution is -2.39. The number of nitrogens with two attached hydrogens (primary N) is 1. The number of benzene rings is 2. The van der Waals surface area contributed by atoms with Crippen LogP contribution < -0.4 is 11.1 Å². The number of nitrogens with one attached hydrogen (secondary N) is 1. The van der Waals surface area contributed by atoms with Gasteiger partial charge in [0.25, 0.3) is 0 Å². The molecule has 2 aromatic carbocycles. The summed E-state index contributed by atoms with van der Waals surface area (Å²) < 4.78 is 30.2. The molecule has 182 valence electrons. The molecule has 0 aliphatic carbocycles. The molecule has 4 rings (SSSR count). The number of sulfone groups is 1. The van der Waals surface area contributed by atoms with E-state index in [0.29, 0.717) is 28.3 Å². The van der Waals surface area contributed by atoms with Crippen molar-refractivity contribution in [2.45, 2.75) is 29.9 Å². The summed E-state index contributed by atoms with van der Waals surface area (Å²) in [5.41, 5.74) is 8.92. The summed E-state index contributed by atoms with van der Waals surface area (Å²) in [6.45, 7) is 3.27. The maximum atomic E-state index is 12.4. The molecule has 0 atom stereocenters. The smallest absolute Gasteiger partial charge is 0.250 e. The third-order valence-corrected chi connectivity index (χ3v) is 7.75. The maximum absolute atomic E-state index is 12.4. The van der Waals surface area contributed by atoms with Gasteiger partial charge in [0.2, 0.25) is 5.91 Å². The SMILES string of the molecule is CNC(O)(O)c1ccc(-c2cc(-c3nc(-c4ccc(S(=O)(=O)C(C)C)cc4)cnc3N)on2)cc1. The Labute approximate surface area is 202 Å². The van der Waals surface area contributed by atoms with Crippen LogP contribution in [-0.4, -0.2) is 46.1 Å². The second kappa shape index (κ2) is 9.19. The van der Waals surface area contributed by atoms with Gasteiger partial charge in [-0.05, 0) is 33.0 Å². The quantitative estimate of drug-likeness (QED) is 0.280. The second-order valence-corrected chi connectivity index (χ2v) is 10.7. The van der Waals surface area contributed by atoms with E-state index in [4.69, 9.17) is 10.3 Å². The summed E-state index contributed by atoms with van der Waals surface area (Å²) in [6.07, 6.45) is 1.50. The minimum atomic E-state index is -3.38. The predicted molar refractivity (Wildman–Crippen MR) is 130 cm³/mol. The monoisotopic (exact) mass is 495 g/mol. The molecule has 0 aliphatic heterocycles. The zero-order valence-corrected chi connectivity index (χ0v) is 20.1. The third-order valence-electron chi connectivity index (χ3n) is 5.58. The van der Waals surface area contributed by atoms with Crippen molar-refractivity contribution in [3.05, 3.63) is 66.4 Å². The molecule has 0 unspecified atom stereocenters. The van der Waals surface area contributed by atoms with E-state index in [1.54, 1.807) is 68.4 Å². The highest BCUT2D eigenvalue weighted by Gasteiger charge is 2.23. The van der Waals surface area contributed by atoms with Gasteiger partial charge >= 0.3 is 0 Å². The van der Waals surface area contributed by atoms with E-state index in [1.807, 2.05) is 0 Å². The number of rotatable bonds is 7. The van der Waals surface area contributed by atoms with E-state index < -0.39 is 21.0 Å². The predicted octanol–water partition coefficient (Wildman–Crippen LogP) is 2.54. The zero-order chi connectivity index (χ0) is 25.4. The zero-order valence-electron chi connectivity index (χ0n) is 19.3. The molecule has 10 nitrogen and oxygen atoms in total. The Kier molecular flexibility index (Phi) is 6.43. The van der Waals surface area contributed by atoms with Crippen molar-refractivity contribution in [2.75, 3.05) is 12.8 Å². The molecule has 0 fully saturated rings. The van der Waals surface area contributed by atoms with Crippen molar-refractivity contribution in [2.24, 2.45) is 0 Å². The van der Waals surface area contributed by atoms with Crippen LogP contribution in [0.3, 0.4) is 0 Å². The van der Waals surface area contributed by atoms with Crippen LogP contribution >= 0.6 is 0 Å². The number of nitrogen functional groups attached to an aromatic ring is 1. The standard InChI is InChI=1S/C24H25N5O5S/c1-14(2)35(32,33)18-10-6-16(7-11-18)20-13-27-23(25)22(28-20)21-12-19(29-34-21)15-4-8-17(9-5-15)24(30,31)26-3/h4-14,26,30-31H,1-3H3,(H2,25,27). The van der Waals surface area contributed by atoms with Crippen molar-refractivity contribution in [3.8, 4) is 34.0 Å². The van der Waals surface area contributed by atoms with Crippen LogP contribution in [0.25, 0.3) is 34.0 Å². The van der Waals surface area contributed by atoms with E-state index in [-0.39, 0.29) is 22.0 Å². The highest BCUT2D eigenvalue weighted by Crippen LogP contribution is 2.30. The Morgan fingerprint density at radius 3 is 2.20 bits per heavy atom. The topological polar surface area (TPSA) is 164 Å². The van der Waals surface area contributed by atoms with Gasteiger partial charge in [0.1, 0.15) is 5.69 Å². The first-order valence-corrected chi connectivity index (χ1v) is 12.3. The van der Waals surface area contributed by atoms with E-state index in [9.17, 15) is 18.6 Å². The fraction of sp³-hybridized carbons (Fsp3) is 0.208. The van der Waals surface area contributed by atoms with Crippen LogP contribution in [0.5, 0.6) is 0 Å². The molecule has 0 radical (unpaired) electrons. The average molecular weight is 496 g/mol. The van der Waals surface area contributed by atoms with Gasteiger partial charge in [-0.1, -0.05) is 41.6 Å². The normalized spacial score (nSPS) is 12.3. The fourth-order valence-corrected chi connectivity index (χ4v) is 4.41. The highest BCUT2D eigenvalue weighted by atomic mass is 32.2. The lowest BCUT2D eigenvalue weighted by molar-refractivity contribution is -0.190. The van der Waals surface area contributed by atoms with Crippen LogP contribution in [0.2, 0.25) is 0 Å². The third kappa shape index (κ3) is 4.80. The molecule has 2 aromatic heterocycles. The first kappa shape index (κ1) is 24.5. The molecule has 5 N–H and O–H groups in total. The molecule has 35 heavy (non-hydrogen) atoms. The minimum Gasteiger partial charge on any atom is -0.382 e. The van der Waals surface area contributed by atoms with Gasteiger partial charge < -0.3 is 20.5 Å². The molecule has 4 aromatic rings. The summed E-state index contributed by atoms with van der Waals surface area (Å²) in [5.74, 6) is -1.70. The van der Waals surface area contributed by atoms with Gasteiger partial charge in [-0.25, -0.2) is 18.4 Å². The molecule has 0 saturated heterocycles. The lowest BCUT2D eigenvalue weighted by Gasteiger charge is -2.20. The van der Waals surface area contributed by atoms with Crippen LogP contribution in [0, 0.1) is 0 Å². The van der Waals surface area contributed by atoms with Gasteiger partial charge in [-0.3, -0.25) is 5.32 Å². The highest BCUT2D eigenvalue weighted by molar-refractivity contribution is 7.92. The summed E-state index contributed by atoms with van der Waals surface area (Å²) in [5, 5.41) is 25.7. The Bertz CT molecular complexity index is 1450. The van der Waals surface area contributed by atoms with Crippen molar-refractivity contribution in [1.82, 2.24) is 20.4 Å². The molecule has 2 heterocycles. The van der Waals surface area contributed by atoms with Crippen molar-refractivity contribution in [1.29, 1.82) is 0 Å². The maximum Gasteiger partial charge on any atom is 0.250 e. The minimum absolute atomic E-state index is 0.144. The number of anilines is 1. The molecule has 0 saturated carbocycles. The number of nitrogens with zero attached hydrogens (tertiary/aromatic N) is 3. The first-order chi connectivity index (χ1) is 16.5. The lowest BCUT2D eigenvalue weighted by atomic mass is 10.1. The summed E-state index contributed by atoms with van der Waals surface area (Å²) in [4.78, 5) is 9.00. The number of hydrogen-bond donors (Lipinski definition) is 4. The molecule has 0 bridgehead atoms. The summed E-state index contributed by atoms with van der Waals surface area (Å²) >= 11 is 0. The molecule has 11 heteroatoms. The molecule has 0 amide bonds. The van der Waals surface area contributed by atoms with Crippen molar-refractivity contribution < 1.29 is 23.2 Å². The molecular weight excluding hydrogens is 470 g/mol. The summed E-state index contributed by atoms with van der Waals surface area (Å²) in [6, 6.07) is 14.5. The summed E-state index contributed by atoms with van der Waals surface area (Å²) in [7, 11) is -1.95. The Morgan fingerprint density at radius 1 is 1.00 bits per heavy atom. The van der Waals surface area contributed by atoms with Crippen LogP contribution in [-0.2, 0) is 15.7 Å². The number of aliphatic hydroxyl groups is 2. The Hall–Kier alpha value is -3.64. The van der Waals surface area contributed by atoms with E-state index in [2.05, 4.69) is 20.4 Å². The second-order valence-electron chi connectivity index (χ2n) is 8.18. The average Bonchev–Trinajstić information content (AvgIpc) is 3.34. The number of aromatic nitrogens is 3. The van der Waals surface area contributed by atoms with Crippen molar-refractivity contribution in [3.63, 3.8) is 0 Å². The van der Waals surface area contributed by atoms with Gasteiger partial charge in [-0.15, -0.1) is 0 Å². The van der Waals surface area contributed by atoms with Crippen LogP contribution in [0.15, 0.2) is 70.2 Å².